The van der Waals surface area contributed by atoms with Gasteiger partial charge in [-0.2, -0.15) is 0 Å². The zero-order valence-corrected chi connectivity index (χ0v) is 30.2. The first-order valence-corrected chi connectivity index (χ1v) is 17.9. The molecule has 1 aromatic heterocycles. The lowest BCUT2D eigenvalue weighted by molar-refractivity contribution is -0.137. The number of carbonyl (C=O) groups is 1. The van der Waals surface area contributed by atoms with Crippen LogP contribution < -0.4 is 0 Å². The van der Waals surface area contributed by atoms with Gasteiger partial charge in [-0.15, -0.1) is 5.10 Å². The van der Waals surface area contributed by atoms with Crippen LogP contribution in [0.5, 0.6) is 0 Å². The van der Waals surface area contributed by atoms with Crippen molar-refractivity contribution in [2.45, 2.75) is 131 Å². The number of nitrogens with zero attached hydrogens (tertiary/aromatic N) is 4. The second kappa shape index (κ2) is 18.8. The van der Waals surface area contributed by atoms with E-state index in [0.717, 1.165) is 31.6 Å². The molecular formula is C32H63N4O6P. The second-order valence-electron chi connectivity index (χ2n) is 13.7. The van der Waals surface area contributed by atoms with Gasteiger partial charge in [0.1, 0.15) is 11.5 Å². The molecule has 252 valence electrons. The summed E-state index contributed by atoms with van der Waals surface area (Å²) in [5.41, 5.74) is -0.245. The summed E-state index contributed by atoms with van der Waals surface area (Å²) in [4.78, 5) is 13.8. The van der Waals surface area contributed by atoms with Gasteiger partial charge in [0.05, 0.1) is 71.0 Å². The lowest BCUT2D eigenvalue weighted by Crippen LogP contribution is -2.54. The molecule has 1 aliphatic rings. The normalized spacial score (nSPS) is 19.3. The van der Waals surface area contributed by atoms with Gasteiger partial charge in [0.15, 0.2) is 0 Å². The quantitative estimate of drug-likeness (QED) is 0.187. The fourth-order valence-electron chi connectivity index (χ4n) is 5.19. The average Bonchev–Trinajstić information content (AvgIpc) is 3.35. The van der Waals surface area contributed by atoms with Crippen LogP contribution in [0.15, 0.2) is 6.20 Å². The molecule has 0 aromatic carbocycles. The molecule has 11 heteroatoms. The Kier molecular flexibility index (Phi) is 17.5. The summed E-state index contributed by atoms with van der Waals surface area (Å²) in [5, 5.41) is 19.0. The lowest BCUT2D eigenvalue weighted by Gasteiger charge is -2.46. The molecule has 1 saturated heterocycles. The van der Waals surface area contributed by atoms with Crippen LogP contribution in [0.3, 0.4) is 0 Å². The van der Waals surface area contributed by atoms with Gasteiger partial charge in [0.25, 0.3) is 0 Å². The van der Waals surface area contributed by atoms with Crippen LogP contribution in [-0.4, -0.2) is 99.6 Å². The van der Waals surface area contributed by atoms with Crippen LogP contribution in [0.2, 0.25) is 0 Å². The Hall–Kier alpha value is -1.00. The van der Waals surface area contributed by atoms with E-state index in [2.05, 4.69) is 49.6 Å². The molecule has 1 N–H and O–H groups in total. The van der Waals surface area contributed by atoms with Crippen molar-refractivity contribution in [3.8, 4) is 0 Å². The summed E-state index contributed by atoms with van der Waals surface area (Å²) in [7, 11) is -0.701. The van der Waals surface area contributed by atoms with Crippen LogP contribution >= 0.6 is 8.15 Å². The van der Waals surface area contributed by atoms with Crippen molar-refractivity contribution >= 4 is 13.9 Å². The summed E-state index contributed by atoms with van der Waals surface area (Å²) in [5.74, 6) is 1.02. The van der Waals surface area contributed by atoms with Gasteiger partial charge in [-0.1, -0.05) is 32.9 Å². The molecule has 0 aliphatic carbocycles. The van der Waals surface area contributed by atoms with E-state index in [1.165, 1.54) is 0 Å². The zero-order valence-electron chi connectivity index (χ0n) is 29.3. The Balaban J connectivity index is 0.00000452. The Morgan fingerprint density at radius 3 is 2.40 bits per heavy atom. The van der Waals surface area contributed by atoms with Crippen LogP contribution in [0.4, 0.5) is 0 Å². The predicted molar refractivity (Wildman–Crippen MR) is 174 cm³/mol. The van der Waals surface area contributed by atoms with Crippen molar-refractivity contribution in [2.75, 3.05) is 45.9 Å². The van der Waals surface area contributed by atoms with Crippen molar-refractivity contribution < 1.29 is 28.6 Å². The van der Waals surface area contributed by atoms with Crippen molar-refractivity contribution in [3.63, 3.8) is 0 Å². The van der Waals surface area contributed by atoms with Gasteiger partial charge in [-0.05, 0) is 86.4 Å². The van der Waals surface area contributed by atoms with Crippen LogP contribution in [-0.2, 0) is 36.7 Å². The molecule has 0 amide bonds. The minimum atomic E-state index is -0.701. The summed E-state index contributed by atoms with van der Waals surface area (Å²) in [6, 6.07) is 0. The van der Waals surface area contributed by atoms with Gasteiger partial charge in [0.2, 0.25) is 0 Å². The maximum atomic E-state index is 11.4. The van der Waals surface area contributed by atoms with Crippen LogP contribution in [0, 0.1) is 11.8 Å². The Morgan fingerprint density at radius 1 is 1.12 bits per heavy atom. The van der Waals surface area contributed by atoms with E-state index in [9.17, 15) is 9.90 Å². The first kappa shape index (κ1) is 40.0. The third-order valence-electron chi connectivity index (χ3n) is 7.78. The molecule has 0 bridgehead atoms. The average molecular weight is 631 g/mol. The molecule has 0 spiro atoms. The topological polar surface area (TPSA) is 108 Å². The highest BCUT2D eigenvalue weighted by Crippen LogP contribution is 2.35. The minimum Gasteiger partial charge on any atom is -0.391 e. The first-order chi connectivity index (χ1) is 20.0. The van der Waals surface area contributed by atoms with Gasteiger partial charge in [-0.25, -0.2) is 4.68 Å². The Labute approximate surface area is 263 Å². The second-order valence-corrected chi connectivity index (χ2v) is 15.5. The van der Waals surface area contributed by atoms with E-state index < -0.39 is 19.4 Å². The highest BCUT2D eigenvalue weighted by atomic mass is 31.1. The van der Waals surface area contributed by atoms with Crippen molar-refractivity contribution in [1.29, 1.82) is 0 Å². The standard InChI is InChI=1S/C30H57N4O6P.C2H6/c1-23(2)26-11-13-33(19-27(26)36)28(4,5)12-15-40-41(10)22-37-20-25-18-34(32-31-25)14-16-38-30(8,9)21-39-29(6,7)17-24(3)35;1-2/h18,23,26-27,36H,11-17,19-22H2,1-10H3;1-2H3. The number of aliphatic hydroxyl groups is 1. The third-order valence-corrected chi connectivity index (χ3v) is 8.95. The van der Waals surface area contributed by atoms with E-state index in [1.54, 1.807) is 11.6 Å². The number of ether oxygens (including phenoxy) is 3. The van der Waals surface area contributed by atoms with E-state index in [0.29, 0.717) is 57.6 Å². The number of β-amino-alcohol motifs (C(OH)–C–C–N with tert-alkyl or cyclic N) is 1. The maximum Gasteiger partial charge on any atom is 0.132 e. The molecule has 1 aliphatic heterocycles. The number of likely N-dealkylation sites (tertiary alicyclic amines) is 1. The highest BCUT2D eigenvalue weighted by Gasteiger charge is 2.36. The summed E-state index contributed by atoms with van der Waals surface area (Å²) in [6.45, 7) is 28.6. The van der Waals surface area contributed by atoms with E-state index in [1.807, 2.05) is 47.7 Å². The maximum absolute atomic E-state index is 11.4. The number of hydrogen-bond donors (Lipinski definition) is 1. The number of rotatable bonds is 19. The molecule has 10 nitrogen and oxygen atoms in total. The van der Waals surface area contributed by atoms with Crippen LogP contribution in [0.1, 0.15) is 101 Å². The molecule has 3 unspecified atom stereocenters. The summed E-state index contributed by atoms with van der Waals surface area (Å²) < 4.78 is 25.7. The van der Waals surface area contributed by atoms with Crippen molar-refractivity contribution in [3.05, 3.63) is 11.9 Å². The fourth-order valence-corrected chi connectivity index (χ4v) is 6.02. The smallest absolute Gasteiger partial charge is 0.132 e. The molecule has 2 rings (SSSR count). The number of carbonyl (C=O) groups excluding carboxylic acids is 1. The number of piperidine rings is 1. The summed E-state index contributed by atoms with van der Waals surface area (Å²) >= 11 is 0. The number of aliphatic hydroxyl groups excluding tert-OH is 1. The fraction of sp³-hybridized carbons (Fsp3) is 0.906. The SMILES string of the molecule is CC.CC(=O)CC(C)(C)OCC(C)(C)OCCn1cc(COCP(C)OCCC(C)(C)N2CCC(C(C)C)C(O)C2)nn1. The van der Waals surface area contributed by atoms with Gasteiger partial charge >= 0.3 is 0 Å². The minimum absolute atomic E-state index is 0.0174. The van der Waals surface area contributed by atoms with Crippen molar-refractivity contribution in [1.82, 2.24) is 19.9 Å². The van der Waals surface area contributed by atoms with E-state index in [-0.39, 0.29) is 17.4 Å². The zero-order chi connectivity index (χ0) is 32.8. The van der Waals surface area contributed by atoms with Gasteiger partial charge < -0.3 is 23.8 Å². The molecule has 0 radical (unpaired) electrons. The van der Waals surface area contributed by atoms with Crippen LogP contribution in [0.25, 0.3) is 0 Å². The Morgan fingerprint density at radius 2 is 1.79 bits per heavy atom. The third kappa shape index (κ3) is 15.7. The van der Waals surface area contributed by atoms with E-state index in [4.69, 9.17) is 18.7 Å². The number of ketones is 1. The van der Waals surface area contributed by atoms with Gasteiger partial charge in [0, 0.05) is 18.5 Å². The van der Waals surface area contributed by atoms with E-state index >= 15 is 0 Å². The van der Waals surface area contributed by atoms with Gasteiger partial charge in [-0.3, -0.25) is 9.69 Å². The Bertz CT molecular complexity index is 923. The summed E-state index contributed by atoms with van der Waals surface area (Å²) in [6.07, 6.45) is 4.49. The lowest BCUT2D eigenvalue weighted by atomic mass is 9.82. The molecular weight excluding hydrogens is 567 g/mol. The highest BCUT2D eigenvalue weighted by molar-refractivity contribution is 7.51. The number of aromatic nitrogens is 3. The molecule has 3 atom stereocenters. The molecule has 1 aromatic rings. The molecule has 43 heavy (non-hydrogen) atoms. The predicted octanol–water partition coefficient (Wildman–Crippen LogP) is 5.90. The molecule has 0 saturated carbocycles. The van der Waals surface area contributed by atoms with Crippen molar-refractivity contribution in [2.24, 2.45) is 11.8 Å². The largest absolute Gasteiger partial charge is 0.391 e. The number of hydrogen-bond acceptors (Lipinski definition) is 9. The first-order valence-electron chi connectivity index (χ1n) is 16.0. The molecule has 2 heterocycles. The molecule has 1 fully saturated rings. The monoisotopic (exact) mass is 630 g/mol. The number of Topliss-reactive ketones (excluding diaryl/α,β-unsaturated/α-hetero) is 1.